The van der Waals surface area contributed by atoms with Crippen molar-refractivity contribution < 1.29 is 14.7 Å². The molecule has 4 nitrogen and oxygen atoms in total. The molecule has 2 fully saturated rings. The monoisotopic (exact) mass is 307 g/mol. The van der Waals surface area contributed by atoms with Crippen LogP contribution >= 0.6 is 11.3 Å². The maximum Gasteiger partial charge on any atom is 0.308 e. The SMILES string of the molecule is Cc1csc(C(=O)N2C[C@@H](C(=O)O)[C@H](C3CCCC3)C2)c1. The number of amides is 1. The lowest BCUT2D eigenvalue weighted by Gasteiger charge is -2.21. The van der Waals surface area contributed by atoms with Crippen molar-refractivity contribution in [1.82, 2.24) is 4.90 Å². The number of carboxylic acids is 1. The Labute approximate surface area is 128 Å². The molecule has 5 heteroatoms. The molecule has 2 atom stereocenters. The molecular weight excluding hydrogens is 286 g/mol. The fraction of sp³-hybridized carbons (Fsp3) is 0.625. The smallest absolute Gasteiger partial charge is 0.308 e. The van der Waals surface area contributed by atoms with Crippen molar-refractivity contribution >= 4 is 23.2 Å². The standard InChI is InChI=1S/C16H21NO3S/c1-10-6-14(21-9-10)15(18)17-7-12(11-4-2-3-5-11)13(8-17)16(19)20/h6,9,11-13H,2-5,7-8H2,1H3,(H,19,20)/t12-,13+/m0/s1. The molecular formula is C16H21NO3S. The number of carboxylic acid groups (broad SMARTS) is 1. The Morgan fingerprint density at radius 3 is 2.57 bits per heavy atom. The van der Waals surface area contributed by atoms with Crippen molar-refractivity contribution in [3.63, 3.8) is 0 Å². The van der Waals surface area contributed by atoms with Crippen molar-refractivity contribution in [2.24, 2.45) is 17.8 Å². The minimum atomic E-state index is -0.746. The van der Waals surface area contributed by atoms with E-state index in [-0.39, 0.29) is 11.8 Å². The minimum absolute atomic E-state index is 0.000142. The van der Waals surface area contributed by atoms with E-state index < -0.39 is 11.9 Å². The number of hydrogen-bond acceptors (Lipinski definition) is 3. The molecule has 1 aromatic heterocycles. The van der Waals surface area contributed by atoms with Crippen molar-refractivity contribution in [2.45, 2.75) is 32.6 Å². The molecule has 3 rings (SSSR count). The molecule has 0 spiro atoms. The van der Waals surface area contributed by atoms with E-state index in [1.165, 1.54) is 24.2 Å². The van der Waals surface area contributed by atoms with Gasteiger partial charge in [-0.1, -0.05) is 25.7 Å². The average Bonchev–Trinajstić information content (AvgIpc) is 3.17. The minimum Gasteiger partial charge on any atom is -0.481 e. The molecule has 0 aromatic carbocycles. The number of thiophene rings is 1. The Kier molecular flexibility index (Phi) is 4.02. The summed E-state index contributed by atoms with van der Waals surface area (Å²) in [6.07, 6.45) is 4.64. The van der Waals surface area contributed by atoms with Gasteiger partial charge in [0.1, 0.15) is 0 Å². The van der Waals surface area contributed by atoms with Crippen molar-refractivity contribution in [2.75, 3.05) is 13.1 Å². The third-order valence-electron chi connectivity index (χ3n) is 4.92. The van der Waals surface area contributed by atoms with Gasteiger partial charge in [0, 0.05) is 13.1 Å². The molecule has 2 heterocycles. The summed E-state index contributed by atoms with van der Waals surface area (Å²) in [4.78, 5) is 26.6. The van der Waals surface area contributed by atoms with Gasteiger partial charge in [-0.3, -0.25) is 9.59 Å². The number of rotatable bonds is 3. The summed E-state index contributed by atoms with van der Waals surface area (Å²) in [5.74, 6) is -0.522. The maximum absolute atomic E-state index is 12.5. The maximum atomic E-state index is 12.5. The van der Waals surface area contributed by atoms with Gasteiger partial charge in [-0.2, -0.15) is 0 Å². The Hall–Kier alpha value is -1.36. The molecule has 1 aliphatic heterocycles. The Balaban J connectivity index is 1.76. The number of hydrogen-bond donors (Lipinski definition) is 1. The summed E-state index contributed by atoms with van der Waals surface area (Å²) in [6, 6.07) is 1.89. The Bertz CT molecular complexity index is 547. The zero-order valence-electron chi connectivity index (χ0n) is 12.2. The molecule has 0 bridgehead atoms. The quantitative estimate of drug-likeness (QED) is 0.934. The number of aliphatic carboxylic acids is 1. The van der Waals surface area contributed by atoms with Crippen LogP contribution in [0.4, 0.5) is 0 Å². The van der Waals surface area contributed by atoms with Crippen LogP contribution in [-0.4, -0.2) is 35.0 Å². The highest BCUT2D eigenvalue weighted by molar-refractivity contribution is 7.12. The van der Waals surface area contributed by atoms with E-state index in [0.29, 0.717) is 19.0 Å². The van der Waals surface area contributed by atoms with Gasteiger partial charge in [0.05, 0.1) is 10.8 Å². The normalized spacial score (nSPS) is 26.4. The third-order valence-corrected chi connectivity index (χ3v) is 5.95. The van der Waals surface area contributed by atoms with Gasteiger partial charge < -0.3 is 10.0 Å². The zero-order chi connectivity index (χ0) is 15.0. The fourth-order valence-corrected chi connectivity index (χ4v) is 4.68. The first-order chi connectivity index (χ1) is 10.1. The van der Waals surface area contributed by atoms with Gasteiger partial charge in [-0.05, 0) is 35.8 Å². The molecule has 1 N–H and O–H groups in total. The van der Waals surface area contributed by atoms with Crippen LogP contribution in [-0.2, 0) is 4.79 Å². The first-order valence-electron chi connectivity index (χ1n) is 7.63. The van der Waals surface area contributed by atoms with Crippen molar-refractivity contribution in [3.8, 4) is 0 Å². The van der Waals surface area contributed by atoms with Crippen LogP contribution in [0, 0.1) is 24.7 Å². The van der Waals surface area contributed by atoms with Crippen LogP contribution in [0.2, 0.25) is 0 Å². The summed E-state index contributed by atoms with van der Waals surface area (Å²) in [6.45, 7) is 2.95. The highest BCUT2D eigenvalue weighted by Crippen LogP contribution is 2.40. The number of carbonyl (C=O) groups is 2. The molecule has 0 radical (unpaired) electrons. The highest BCUT2D eigenvalue weighted by Gasteiger charge is 2.44. The first-order valence-corrected chi connectivity index (χ1v) is 8.51. The molecule has 1 aliphatic carbocycles. The number of nitrogens with zero attached hydrogens (tertiary/aromatic N) is 1. The Morgan fingerprint density at radius 2 is 2.00 bits per heavy atom. The van der Waals surface area contributed by atoms with Gasteiger partial charge in [-0.25, -0.2) is 0 Å². The van der Waals surface area contributed by atoms with Crippen LogP contribution < -0.4 is 0 Å². The van der Waals surface area contributed by atoms with Crippen LogP contribution in [0.5, 0.6) is 0 Å². The second-order valence-electron chi connectivity index (χ2n) is 6.35. The van der Waals surface area contributed by atoms with Gasteiger partial charge in [0.15, 0.2) is 0 Å². The van der Waals surface area contributed by atoms with E-state index >= 15 is 0 Å². The van der Waals surface area contributed by atoms with Crippen molar-refractivity contribution in [3.05, 3.63) is 21.9 Å². The van der Waals surface area contributed by atoms with Crippen LogP contribution in [0.15, 0.2) is 11.4 Å². The van der Waals surface area contributed by atoms with E-state index in [9.17, 15) is 14.7 Å². The van der Waals surface area contributed by atoms with E-state index in [1.54, 1.807) is 4.90 Å². The summed E-state index contributed by atoms with van der Waals surface area (Å²) in [7, 11) is 0. The summed E-state index contributed by atoms with van der Waals surface area (Å²) < 4.78 is 0. The van der Waals surface area contributed by atoms with Gasteiger partial charge in [0.2, 0.25) is 0 Å². The van der Waals surface area contributed by atoms with E-state index in [4.69, 9.17) is 0 Å². The fourth-order valence-electron chi connectivity index (χ4n) is 3.82. The van der Waals surface area contributed by atoms with Gasteiger partial charge in [0.25, 0.3) is 5.91 Å². The van der Waals surface area contributed by atoms with Crippen LogP contribution in [0.3, 0.4) is 0 Å². The third kappa shape index (κ3) is 2.84. The summed E-state index contributed by atoms with van der Waals surface area (Å²) >= 11 is 1.45. The molecule has 21 heavy (non-hydrogen) atoms. The number of aryl methyl sites for hydroxylation is 1. The van der Waals surface area contributed by atoms with E-state index in [0.717, 1.165) is 23.3 Å². The van der Waals surface area contributed by atoms with Crippen LogP contribution in [0.1, 0.15) is 40.9 Å². The highest BCUT2D eigenvalue weighted by atomic mass is 32.1. The molecule has 1 saturated heterocycles. The molecule has 114 valence electrons. The number of likely N-dealkylation sites (tertiary alicyclic amines) is 1. The summed E-state index contributed by atoms with van der Waals surface area (Å²) in [5.41, 5.74) is 1.09. The Morgan fingerprint density at radius 1 is 1.29 bits per heavy atom. The predicted octanol–water partition coefficient (Wildman–Crippen LogP) is 3.02. The summed E-state index contributed by atoms with van der Waals surface area (Å²) in [5, 5.41) is 11.4. The van der Waals surface area contributed by atoms with Crippen LogP contribution in [0.25, 0.3) is 0 Å². The largest absolute Gasteiger partial charge is 0.481 e. The topological polar surface area (TPSA) is 57.6 Å². The average molecular weight is 307 g/mol. The second kappa shape index (κ2) is 5.79. The van der Waals surface area contributed by atoms with E-state index in [1.807, 2.05) is 18.4 Å². The number of carbonyl (C=O) groups excluding carboxylic acids is 1. The van der Waals surface area contributed by atoms with E-state index in [2.05, 4.69) is 0 Å². The molecule has 2 aliphatic rings. The molecule has 0 unspecified atom stereocenters. The van der Waals surface area contributed by atoms with Gasteiger partial charge >= 0.3 is 5.97 Å². The lowest BCUT2D eigenvalue weighted by atomic mass is 9.83. The van der Waals surface area contributed by atoms with Crippen molar-refractivity contribution in [1.29, 1.82) is 0 Å². The van der Waals surface area contributed by atoms with Gasteiger partial charge in [-0.15, -0.1) is 11.3 Å². The molecule has 1 aromatic rings. The zero-order valence-corrected chi connectivity index (χ0v) is 13.1. The lowest BCUT2D eigenvalue weighted by Crippen LogP contribution is -2.29. The first kappa shape index (κ1) is 14.6. The molecule has 1 amide bonds. The molecule has 1 saturated carbocycles. The predicted molar refractivity (Wildman–Crippen MR) is 81.5 cm³/mol. The second-order valence-corrected chi connectivity index (χ2v) is 7.26. The lowest BCUT2D eigenvalue weighted by molar-refractivity contribution is -0.143.